The Hall–Kier alpha value is -2.54. The molecule has 0 saturated heterocycles. The topological polar surface area (TPSA) is 66.9 Å². The van der Waals surface area contributed by atoms with Gasteiger partial charge in [-0.25, -0.2) is 8.42 Å². The zero-order chi connectivity index (χ0) is 20.9. The SMILES string of the molecule is CCCN(CC1CC1)C(=O)CN(c1ccc(OC)cc1)S(=O)(=O)c1ccccc1. The normalized spacial score (nSPS) is 13.7. The van der Waals surface area contributed by atoms with Crippen LogP contribution < -0.4 is 9.04 Å². The highest BCUT2D eigenvalue weighted by Crippen LogP contribution is 2.30. The van der Waals surface area contributed by atoms with E-state index in [9.17, 15) is 13.2 Å². The largest absolute Gasteiger partial charge is 0.497 e. The second-order valence-corrected chi connectivity index (χ2v) is 9.17. The van der Waals surface area contributed by atoms with E-state index in [0.717, 1.165) is 19.3 Å². The third-order valence-corrected chi connectivity index (χ3v) is 6.78. The summed E-state index contributed by atoms with van der Waals surface area (Å²) in [5, 5.41) is 0. The molecule has 7 heteroatoms. The maximum Gasteiger partial charge on any atom is 0.264 e. The first-order chi connectivity index (χ1) is 14.0. The molecular formula is C22H28N2O4S. The summed E-state index contributed by atoms with van der Waals surface area (Å²) in [6.45, 7) is 3.14. The van der Waals surface area contributed by atoms with Crippen LogP contribution in [-0.4, -0.2) is 46.0 Å². The monoisotopic (exact) mass is 416 g/mol. The van der Waals surface area contributed by atoms with Gasteiger partial charge in [0.2, 0.25) is 5.91 Å². The van der Waals surface area contributed by atoms with Crippen molar-refractivity contribution in [3.63, 3.8) is 0 Å². The molecule has 0 unspecified atom stereocenters. The van der Waals surface area contributed by atoms with Crippen LogP contribution >= 0.6 is 0 Å². The van der Waals surface area contributed by atoms with Gasteiger partial charge >= 0.3 is 0 Å². The highest BCUT2D eigenvalue weighted by molar-refractivity contribution is 7.92. The first-order valence-electron chi connectivity index (χ1n) is 9.95. The molecule has 0 radical (unpaired) electrons. The van der Waals surface area contributed by atoms with Crippen LogP contribution in [0.25, 0.3) is 0 Å². The summed E-state index contributed by atoms with van der Waals surface area (Å²) in [6, 6.07) is 14.9. The van der Waals surface area contributed by atoms with E-state index in [4.69, 9.17) is 4.74 Å². The molecule has 1 aliphatic rings. The maximum atomic E-state index is 13.4. The quantitative estimate of drug-likeness (QED) is 0.594. The minimum Gasteiger partial charge on any atom is -0.497 e. The van der Waals surface area contributed by atoms with E-state index in [1.807, 2.05) is 6.92 Å². The molecule has 1 fully saturated rings. The third-order valence-electron chi connectivity index (χ3n) is 4.99. The van der Waals surface area contributed by atoms with E-state index in [0.29, 0.717) is 30.4 Å². The molecule has 0 N–H and O–H groups in total. The standard InChI is InChI=1S/C22H28N2O4S/c1-3-15-23(16-18-9-10-18)22(25)17-24(19-11-13-20(28-2)14-12-19)29(26,27)21-7-5-4-6-8-21/h4-8,11-14,18H,3,9-10,15-17H2,1-2H3. The second kappa shape index (κ2) is 9.31. The number of carbonyl (C=O) groups is 1. The lowest BCUT2D eigenvalue weighted by Gasteiger charge is -2.28. The van der Waals surface area contributed by atoms with Gasteiger partial charge in [-0.1, -0.05) is 25.1 Å². The number of ether oxygens (including phenoxy) is 1. The summed E-state index contributed by atoms with van der Waals surface area (Å²) < 4.78 is 33.1. The van der Waals surface area contributed by atoms with E-state index < -0.39 is 10.0 Å². The first kappa shape index (κ1) is 21.2. The summed E-state index contributed by atoms with van der Waals surface area (Å²) in [7, 11) is -2.33. The van der Waals surface area contributed by atoms with Crippen molar-refractivity contribution < 1.29 is 17.9 Å². The number of nitrogens with zero attached hydrogens (tertiary/aromatic N) is 2. The van der Waals surface area contributed by atoms with Crippen LogP contribution in [0.4, 0.5) is 5.69 Å². The van der Waals surface area contributed by atoms with Crippen molar-refractivity contribution in [2.75, 3.05) is 31.0 Å². The molecule has 0 aromatic heterocycles. The van der Waals surface area contributed by atoms with Gasteiger partial charge in [-0.05, 0) is 61.6 Å². The minimum absolute atomic E-state index is 0.160. The van der Waals surface area contributed by atoms with Crippen LogP contribution in [0.15, 0.2) is 59.5 Å². The van der Waals surface area contributed by atoms with Crippen LogP contribution in [-0.2, 0) is 14.8 Å². The molecule has 2 aromatic carbocycles. The van der Waals surface area contributed by atoms with Gasteiger partial charge in [0, 0.05) is 13.1 Å². The lowest BCUT2D eigenvalue weighted by atomic mass is 10.3. The van der Waals surface area contributed by atoms with E-state index in [1.54, 1.807) is 66.6 Å². The highest BCUT2D eigenvalue weighted by Gasteiger charge is 2.31. The average Bonchev–Trinajstić information content (AvgIpc) is 3.56. The van der Waals surface area contributed by atoms with Crippen molar-refractivity contribution in [2.24, 2.45) is 5.92 Å². The van der Waals surface area contributed by atoms with Gasteiger partial charge in [0.25, 0.3) is 10.0 Å². The molecule has 0 spiro atoms. The summed E-state index contributed by atoms with van der Waals surface area (Å²) in [6.07, 6.45) is 3.11. The molecule has 3 rings (SSSR count). The van der Waals surface area contributed by atoms with E-state index >= 15 is 0 Å². The van der Waals surface area contributed by atoms with Crippen molar-refractivity contribution in [3.8, 4) is 5.75 Å². The van der Waals surface area contributed by atoms with E-state index in [1.165, 1.54) is 4.31 Å². The van der Waals surface area contributed by atoms with Gasteiger partial charge in [0.1, 0.15) is 12.3 Å². The maximum absolute atomic E-state index is 13.4. The molecule has 6 nitrogen and oxygen atoms in total. The Bertz CT molecular complexity index is 910. The zero-order valence-electron chi connectivity index (χ0n) is 17.0. The molecule has 0 heterocycles. The average molecular weight is 417 g/mol. The van der Waals surface area contributed by atoms with Gasteiger partial charge in [-0.2, -0.15) is 0 Å². The number of methoxy groups -OCH3 is 1. The lowest BCUT2D eigenvalue weighted by Crippen LogP contribution is -2.44. The molecule has 2 aromatic rings. The Morgan fingerprint density at radius 1 is 1.07 bits per heavy atom. The zero-order valence-corrected chi connectivity index (χ0v) is 17.8. The summed E-state index contributed by atoms with van der Waals surface area (Å²) in [4.78, 5) is 15.0. The van der Waals surface area contributed by atoms with E-state index in [-0.39, 0.29) is 17.3 Å². The Kier molecular flexibility index (Phi) is 6.79. The molecule has 29 heavy (non-hydrogen) atoms. The predicted molar refractivity (Wildman–Crippen MR) is 114 cm³/mol. The Balaban J connectivity index is 1.92. The summed E-state index contributed by atoms with van der Waals surface area (Å²) >= 11 is 0. The van der Waals surface area contributed by atoms with Crippen LogP contribution in [0.5, 0.6) is 5.75 Å². The number of carbonyl (C=O) groups excluding carboxylic acids is 1. The van der Waals surface area contributed by atoms with Crippen molar-refractivity contribution in [2.45, 2.75) is 31.1 Å². The van der Waals surface area contributed by atoms with E-state index in [2.05, 4.69) is 0 Å². The second-order valence-electron chi connectivity index (χ2n) is 7.31. The molecule has 1 amide bonds. The van der Waals surface area contributed by atoms with Crippen LogP contribution in [0.1, 0.15) is 26.2 Å². The smallest absolute Gasteiger partial charge is 0.264 e. The lowest BCUT2D eigenvalue weighted by molar-refractivity contribution is -0.129. The summed E-state index contributed by atoms with van der Waals surface area (Å²) in [5.74, 6) is 0.998. The molecule has 156 valence electrons. The Labute approximate surface area is 173 Å². The number of hydrogen-bond donors (Lipinski definition) is 0. The van der Waals surface area contributed by atoms with Gasteiger partial charge in [0.05, 0.1) is 17.7 Å². The molecule has 0 aliphatic heterocycles. The number of hydrogen-bond acceptors (Lipinski definition) is 4. The fourth-order valence-corrected chi connectivity index (χ4v) is 4.64. The number of benzene rings is 2. The molecule has 0 atom stereocenters. The van der Waals surface area contributed by atoms with Crippen molar-refractivity contribution in [3.05, 3.63) is 54.6 Å². The highest BCUT2D eigenvalue weighted by atomic mass is 32.2. The van der Waals surface area contributed by atoms with Gasteiger partial charge < -0.3 is 9.64 Å². The molecule has 1 aliphatic carbocycles. The fourth-order valence-electron chi connectivity index (χ4n) is 3.21. The summed E-state index contributed by atoms with van der Waals surface area (Å²) in [5.41, 5.74) is 0.436. The fraction of sp³-hybridized carbons (Fsp3) is 0.409. The van der Waals surface area contributed by atoms with Crippen LogP contribution in [0, 0.1) is 5.92 Å². The first-order valence-corrected chi connectivity index (χ1v) is 11.4. The Morgan fingerprint density at radius 2 is 1.72 bits per heavy atom. The number of amides is 1. The molecule has 0 bridgehead atoms. The number of rotatable bonds is 10. The van der Waals surface area contributed by atoms with Crippen molar-refractivity contribution >= 4 is 21.6 Å². The van der Waals surface area contributed by atoms with Crippen molar-refractivity contribution in [1.82, 2.24) is 4.90 Å². The molecular weight excluding hydrogens is 388 g/mol. The number of anilines is 1. The van der Waals surface area contributed by atoms with Crippen LogP contribution in [0.3, 0.4) is 0 Å². The number of sulfonamides is 1. The Morgan fingerprint density at radius 3 is 2.28 bits per heavy atom. The van der Waals surface area contributed by atoms with Gasteiger partial charge in [0.15, 0.2) is 0 Å². The predicted octanol–water partition coefficient (Wildman–Crippen LogP) is 3.54. The van der Waals surface area contributed by atoms with Gasteiger partial charge in [-0.15, -0.1) is 0 Å². The molecule has 1 saturated carbocycles. The third kappa shape index (κ3) is 5.29. The van der Waals surface area contributed by atoms with Crippen LogP contribution in [0.2, 0.25) is 0 Å². The van der Waals surface area contributed by atoms with Gasteiger partial charge in [-0.3, -0.25) is 9.10 Å². The minimum atomic E-state index is -3.89. The van der Waals surface area contributed by atoms with Crippen molar-refractivity contribution in [1.29, 1.82) is 0 Å².